The number of aliphatic hydroxyl groups excluding tert-OH is 1. The highest BCUT2D eigenvalue weighted by molar-refractivity contribution is 5.61. The molecule has 2 bridgehead atoms. The zero-order chi connectivity index (χ0) is 37.6. The van der Waals surface area contributed by atoms with Gasteiger partial charge < -0.3 is 24.1 Å². The van der Waals surface area contributed by atoms with E-state index < -0.39 is 17.4 Å². The lowest BCUT2D eigenvalue weighted by molar-refractivity contribution is -0.0779. The summed E-state index contributed by atoms with van der Waals surface area (Å²) < 4.78 is 22.2. The van der Waals surface area contributed by atoms with Gasteiger partial charge in [0.1, 0.15) is 11.2 Å². The predicted molar refractivity (Wildman–Crippen MR) is 211 cm³/mol. The van der Waals surface area contributed by atoms with E-state index in [0.717, 1.165) is 131 Å². The Balaban J connectivity index is 0.000000291. The molecule has 0 aromatic rings. The maximum absolute atomic E-state index is 12.6. The lowest BCUT2D eigenvalue weighted by Gasteiger charge is -2.38. The third-order valence-corrected chi connectivity index (χ3v) is 14.2. The standard InChI is InChI=1S/C26H50O4.C19H34O2/c1-8-21-19-22(9-2)23(20-21)15-17-26(10-3,16-13-12-14-18-28-11-4)30-24(27)29-25(5,6)7;1-4-12-9-13(5-2)19-16-11-14(18(12)19)10-15(16)17(20)7-6-8-21-3/h21-23H,8-20H2,1-7H3;12-20H,4-11H2,1-3H3. The average molecular weight is 721 g/mol. The third-order valence-electron chi connectivity index (χ3n) is 14.2. The molecule has 0 aromatic carbocycles. The fraction of sp³-hybridized carbons (Fsp3) is 0.978. The first-order valence-electron chi connectivity index (χ1n) is 22.1. The number of ether oxygens (including phenoxy) is 4. The Morgan fingerprint density at radius 2 is 1.41 bits per heavy atom. The van der Waals surface area contributed by atoms with E-state index in [9.17, 15) is 9.90 Å². The van der Waals surface area contributed by atoms with E-state index in [1.807, 2.05) is 27.7 Å². The molecule has 51 heavy (non-hydrogen) atoms. The van der Waals surface area contributed by atoms with Crippen LogP contribution in [-0.2, 0) is 18.9 Å². The molecule has 0 heterocycles. The Labute approximate surface area is 315 Å². The number of carbonyl (C=O) groups excluding carboxylic acids is 1. The van der Waals surface area contributed by atoms with Gasteiger partial charge >= 0.3 is 6.16 Å². The maximum Gasteiger partial charge on any atom is 0.509 e. The number of hydrogen-bond acceptors (Lipinski definition) is 6. The highest BCUT2D eigenvalue weighted by atomic mass is 16.7. The van der Waals surface area contributed by atoms with Crippen LogP contribution in [0.25, 0.3) is 0 Å². The molecule has 4 rings (SSSR count). The van der Waals surface area contributed by atoms with Crippen LogP contribution in [0.3, 0.4) is 0 Å². The first-order valence-corrected chi connectivity index (χ1v) is 22.1. The minimum Gasteiger partial charge on any atom is -0.429 e. The van der Waals surface area contributed by atoms with Gasteiger partial charge in [0.15, 0.2) is 0 Å². The highest BCUT2D eigenvalue weighted by Gasteiger charge is 2.60. The molecule has 12 atom stereocenters. The molecular weight excluding hydrogens is 636 g/mol. The second-order valence-electron chi connectivity index (χ2n) is 18.3. The quantitative estimate of drug-likeness (QED) is 0.0940. The molecule has 4 saturated carbocycles. The van der Waals surface area contributed by atoms with Gasteiger partial charge in [0.2, 0.25) is 0 Å². The first kappa shape index (κ1) is 44.5. The summed E-state index contributed by atoms with van der Waals surface area (Å²) in [4.78, 5) is 12.6. The monoisotopic (exact) mass is 721 g/mol. The molecular formula is C45H84O6. The SMILES string of the molecule is CCC1CC(CC)C2C3CC(CC3C(O)CCCOC)C12.CCOCCCCCC(CC)(CCC1CC(CC)CC1CC)OC(=O)OC(C)(C)C. The van der Waals surface area contributed by atoms with Crippen LogP contribution in [0.2, 0.25) is 0 Å². The summed E-state index contributed by atoms with van der Waals surface area (Å²) in [5.41, 5.74) is -0.933. The molecule has 0 radical (unpaired) electrons. The van der Waals surface area contributed by atoms with Crippen molar-refractivity contribution in [2.45, 2.75) is 195 Å². The van der Waals surface area contributed by atoms with Crippen molar-refractivity contribution in [3.8, 4) is 0 Å². The summed E-state index contributed by atoms with van der Waals surface area (Å²) in [6.45, 7) is 21.7. The average Bonchev–Trinajstić information content (AvgIpc) is 3.89. The summed E-state index contributed by atoms with van der Waals surface area (Å²) in [7, 11) is 1.75. The van der Waals surface area contributed by atoms with Crippen LogP contribution in [0, 0.1) is 59.2 Å². The number of fused-ring (bicyclic) bond motifs is 5. The molecule has 0 amide bonds. The normalized spacial score (nSPS) is 33.0. The lowest BCUT2D eigenvalue weighted by atomic mass is 9.69. The number of aliphatic hydroxyl groups is 1. The largest absolute Gasteiger partial charge is 0.509 e. The van der Waals surface area contributed by atoms with Gasteiger partial charge in [0.05, 0.1) is 6.10 Å². The van der Waals surface area contributed by atoms with Gasteiger partial charge in [-0.2, -0.15) is 0 Å². The first-order chi connectivity index (χ1) is 24.4. The van der Waals surface area contributed by atoms with Crippen molar-refractivity contribution in [1.82, 2.24) is 0 Å². The van der Waals surface area contributed by atoms with Crippen LogP contribution >= 0.6 is 0 Å². The number of hydrogen-bond donors (Lipinski definition) is 1. The number of methoxy groups -OCH3 is 1. The van der Waals surface area contributed by atoms with Gasteiger partial charge in [-0.25, -0.2) is 4.79 Å². The molecule has 6 nitrogen and oxygen atoms in total. The van der Waals surface area contributed by atoms with Gasteiger partial charge in [-0.1, -0.05) is 66.7 Å². The molecule has 300 valence electrons. The smallest absolute Gasteiger partial charge is 0.429 e. The molecule has 12 unspecified atom stereocenters. The van der Waals surface area contributed by atoms with E-state index in [4.69, 9.17) is 18.9 Å². The maximum atomic E-state index is 12.6. The second-order valence-corrected chi connectivity index (χ2v) is 18.3. The van der Waals surface area contributed by atoms with Gasteiger partial charge in [0.25, 0.3) is 0 Å². The Bertz CT molecular complexity index is 963. The fourth-order valence-electron chi connectivity index (χ4n) is 11.6. The number of rotatable bonds is 21. The number of unbranched alkanes of at least 4 members (excludes halogenated alkanes) is 2. The van der Waals surface area contributed by atoms with E-state index >= 15 is 0 Å². The van der Waals surface area contributed by atoms with Crippen LogP contribution in [0.4, 0.5) is 4.79 Å². The summed E-state index contributed by atoms with van der Waals surface area (Å²) in [6.07, 6.45) is 20.7. The van der Waals surface area contributed by atoms with Crippen molar-refractivity contribution in [1.29, 1.82) is 0 Å². The Kier molecular flexibility index (Phi) is 19.1. The van der Waals surface area contributed by atoms with Crippen molar-refractivity contribution in [3.63, 3.8) is 0 Å². The van der Waals surface area contributed by atoms with Crippen molar-refractivity contribution in [3.05, 3.63) is 0 Å². The van der Waals surface area contributed by atoms with Crippen LogP contribution in [0.5, 0.6) is 0 Å². The lowest BCUT2D eigenvalue weighted by Crippen LogP contribution is -2.38. The van der Waals surface area contributed by atoms with Crippen molar-refractivity contribution in [2.24, 2.45) is 59.2 Å². The van der Waals surface area contributed by atoms with E-state index in [-0.39, 0.29) is 6.10 Å². The molecule has 1 N–H and O–H groups in total. The van der Waals surface area contributed by atoms with E-state index in [1.165, 1.54) is 57.8 Å². The second kappa shape index (κ2) is 21.9. The zero-order valence-electron chi connectivity index (χ0n) is 35.2. The van der Waals surface area contributed by atoms with Crippen LogP contribution in [0.15, 0.2) is 0 Å². The van der Waals surface area contributed by atoms with E-state index in [2.05, 4.69) is 34.6 Å². The van der Waals surface area contributed by atoms with Crippen molar-refractivity contribution in [2.75, 3.05) is 26.9 Å². The van der Waals surface area contributed by atoms with Crippen LogP contribution in [-0.4, -0.2) is 55.5 Å². The van der Waals surface area contributed by atoms with Gasteiger partial charge in [-0.15, -0.1) is 0 Å². The molecule has 4 aliphatic rings. The third kappa shape index (κ3) is 12.9. The molecule has 6 heteroatoms. The van der Waals surface area contributed by atoms with E-state index in [1.54, 1.807) is 7.11 Å². The molecule has 0 aliphatic heterocycles. The van der Waals surface area contributed by atoms with Crippen LogP contribution in [0.1, 0.15) is 178 Å². The number of carbonyl (C=O) groups is 1. The minimum atomic E-state index is -0.527. The molecule has 0 saturated heterocycles. The highest BCUT2D eigenvalue weighted by Crippen LogP contribution is 2.66. The molecule has 4 aliphatic carbocycles. The Morgan fingerprint density at radius 3 is 2.02 bits per heavy atom. The summed E-state index contributed by atoms with van der Waals surface area (Å²) >= 11 is 0. The zero-order valence-corrected chi connectivity index (χ0v) is 35.2. The Morgan fingerprint density at radius 1 is 0.725 bits per heavy atom. The summed E-state index contributed by atoms with van der Waals surface area (Å²) in [5, 5.41) is 10.6. The fourth-order valence-corrected chi connectivity index (χ4v) is 11.6. The minimum absolute atomic E-state index is 0.0747. The summed E-state index contributed by atoms with van der Waals surface area (Å²) in [6, 6.07) is 0. The van der Waals surface area contributed by atoms with Crippen molar-refractivity contribution < 1.29 is 28.8 Å². The Hall–Kier alpha value is -0.850. The molecule has 0 aromatic heterocycles. The molecule has 0 spiro atoms. The molecule has 4 fully saturated rings. The van der Waals surface area contributed by atoms with E-state index in [0.29, 0.717) is 5.92 Å². The van der Waals surface area contributed by atoms with Gasteiger partial charge in [0, 0.05) is 26.9 Å². The predicted octanol–water partition coefficient (Wildman–Crippen LogP) is 12.0. The summed E-state index contributed by atoms with van der Waals surface area (Å²) in [5.74, 6) is 8.73. The van der Waals surface area contributed by atoms with Gasteiger partial charge in [-0.05, 0) is 170 Å². The van der Waals surface area contributed by atoms with Gasteiger partial charge in [-0.3, -0.25) is 0 Å². The van der Waals surface area contributed by atoms with Crippen LogP contribution < -0.4 is 0 Å². The topological polar surface area (TPSA) is 74.2 Å². The van der Waals surface area contributed by atoms with Crippen molar-refractivity contribution >= 4 is 6.16 Å².